The summed E-state index contributed by atoms with van der Waals surface area (Å²) in [5.74, 6) is 3.38. The Hall–Kier alpha value is -3.62. The number of aromatic nitrogens is 4. The number of benzene rings is 1. The molecule has 172 valence electrons. The largest absolute Gasteiger partial charge is 0.497 e. The average molecular weight is 450 g/mol. The summed E-state index contributed by atoms with van der Waals surface area (Å²) in [6.45, 7) is 0. The van der Waals surface area contributed by atoms with Gasteiger partial charge in [-0.1, -0.05) is 6.07 Å². The molecule has 1 fully saturated rings. The minimum atomic E-state index is -1.04. The van der Waals surface area contributed by atoms with Crippen molar-refractivity contribution in [2.75, 3.05) is 7.11 Å². The molecule has 9 heteroatoms. The summed E-state index contributed by atoms with van der Waals surface area (Å²) >= 11 is 0. The molecule has 3 heterocycles. The lowest BCUT2D eigenvalue weighted by Crippen LogP contribution is -2.36. The second kappa shape index (κ2) is 9.09. The van der Waals surface area contributed by atoms with Gasteiger partial charge in [0.25, 0.3) is 0 Å². The van der Waals surface area contributed by atoms with Crippen molar-refractivity contribution in [3.63, 3.8) is 0 Å². The van der Waals surface area contributed by atoms with E-state index in [2.05, 4.69) is 25.1 Å². The van der Waals surface area contributed by atoms with Crippen LogP contribution in [0.1, 0.15) is 48.8 Å². The van der Waals surface area contributed by atoms with E-state index < -0.39 is 6.09 Å². The standard InChI is InChI=1S/C24H27N5O4/c1-32-19-9-10-20-16(13-19)12-17(26-24(30)31)14-21-27-28-23(29(20)21)15-5-7-18(8-6-15)33-22-4-2-3-11-25-22/h2-4,9-11,13,15,17-18,26H,5-8,12,14H2,1H3,(H,30,31). The number of ether oxygens (including phenoxy) is 2. The van der Waals surface area contributed by atoms with Gasteiger partial charge in [-0.15, -0.1) is 10.2 Å². The van der Waals surface area contributed by atoms with Crippen molar-refractivity contribution < 1.29 is 19.4 Å². The Morgan fingerprint density at radius 2 is 1.97 bits per heavy atom. The van der Waals surface area contributed by atoms with Crippen molar-refractivity contribution in [1.29, 1.82) is 0 Å². The Bertz CT molecular complexity index is 1130. The van der Waals surface area contributed by atoms with Crippen LogP contribution in [0.2, 0.25) is 0 Å². The van der Waals surface area contributed by atoms with Gasteiger partial charge in [-0.2, -0.15) is 0 Å². The highest BCUT2D eigenvalue weighted by molar-refractivity contribution is 5.65. The number of hydrogen-bond donors (Lipinski definition) is 2. The molecule has 1 atom stereocenters. The van der Waals surface area contributed by atoms with Gasteiger partial charge in [0.2, 0.25) is 5.88 Å². The van der Waals surface area contributed by atoms with E-state index in [0.717, 1.165) is 54.3 Å². The van der Waals surface area contributed by atoms with E-state index in [1.807, 2.05) is 36.4 Å². The second-order valence-electron chi connectivity index (χ2n) is 8.62. The minimum absolute atomic E-state index is 0.142. The number of carbonyl (C=O) groups is 1. The summed E-state index contributed by atoms with van der Waals surface area (Å²) in [5.41, 5.74) is 2.01. The van der Waals surface area contributed by atoms with Crippen molar-refractivity contribution in [1.82, 2.24) is 25.1 Å². The maximum atomic E-state index is 11.3. The van der Waals surface area contributed by atoms with Crippen molar-refractivity contribution in [2.45, 2.75) is 56.6 Å². The Labute approximate surface area is 191 Å². The molecule has 2 aromatic heterocycles. The number of nitrogens with zero attached hydrogens (tertiary/aromatic N) is 4. The first-order valence-corrected chi connectivity index (χ1v) is 11.3. The van der Waals surface area contributed by atoms with E-state index in [4.69, 9.17) is 9.47 Å². The Morgan fingerprint density at radius 1 is 1.12 bits per heavy atom. The summed E-state index contributed by atoms with van der Waals surface area (Å²) < 4.78 is 13.6. The van der Waals surface area contributed by atoms with E-state index in [-0.39, 0.29) is 18.1 Å². The third kappa shape index (κ3) is 4.48. The number of nitrogens with one attached hydrogen (secondary N) is 1. The average Bonchev–Trinajstić information content (AvgIpc) is 3.16. The minimum Gasteiger partial charge on any atom is -0.497 e. The molecular weight excluding hydrogens is 422 g/mol. The van der Waals surface area contributed by atoms with Gasteiger partial charge in [0.1, 0.15) is 23.5 Å². The van der Waals surface area contributed by atoms with Gasteiger partial charge in [-0.25, -0.2) is 9.78 Å². The van der Waals surface area contributed by atoms with Crippen LogP contribution in [-0.2, 0) is 12.8 Å². The third-order valence-electron chi connectivity index (χ3n) is 6.47. The smallest absolute Gasteiger partial charge is 0.404 e. The molecule has 33 heavy (non-hydrogen) atoms. The van der Waals surface area contributed by atoms with E-state index in [1.54, 1.807) is 13.3 Å². The Morgan fingerprint density at radius 3 is 2.70 bits per heavy atom. The molecule has 0 bridgehead atoms. The predicted octanol–water partition coefficient (Wildman–Crippen LogP) is 3.51. The highest BCUT2D eigenvalue weighted by Gasteiger charge is 2.32. The fraction of sp³-hybridized carbons (Fsp3) is 0.417. The summed E-state index contributed by atoms with van der Waals surface area (Å²) in [4.78, 5) is 15.6. The Kier molecular flexibility index (Phi) is 5.85. The van der Waals surface area contributed by atoms with Gasteiger partial charge >= 0.3 is 6.09 Å². The molecule has 5 rings (SSSR count). The van der Waals surface area contributed by atoms with Crippen LogP contribution in [0.25, 0.3) is 5.69 Å². The summed E-state index contributed by atoms with van der Waals surface area (Å²) in [7, 11) is 1.63. The van der Waals surface area contributed by atoms with Crippen LogP contribution in [0.15, 0.2) is 42.6 Å². The highest BCUT2D eigenvalue weighted by atomic mass is 16.5. The third-order valence-corrected chi connectivity index (χ3v) is 6.47. The molecule has 1 aliphatic heterocycles. The molecule has 1 aromatic carbocycles. The lowest BCUT2D eigenvalue weighted by atomic mass is 9.86. The Balaban J connectivity index is 1.40. The van der Waals surface area contributed by atoms with Crippen LogP contribution in [0, 0.1) is 0 Å². The maximum absolute atomic E-state index is 11.3. The molecule has 0 radical (unpaired) electrons. The van der Waals surface area contributed by atoms with E-state index >= 15 is 0 Å². The molecule has 9 nitrogen and oxygen atoms in total. The van der Waals surface area contributed by atoms with Crippen LogP contribution >= 0.6 is 0 Å². The van der Waals surface area contributed by atoms with Crippen molar-refractivity contribution in [3.8, 4) is 17.3 Å². The second-order valence-corrected chi connectivity index (χ2v) is 8.62. The zero-order valence-corrected chi connectivity index (χ0v) is 18.5. The number of amides is 1. The molecule has 3 aromatic rings. The zero-order chi connectivity index (χ0) is 22.8. The molecular formula is C24H27N5O4. The van der Waals surface area contributed by atoms with Gasteiger partial charge < -0.3 is 19.9 Å². The van der Waals surface area contributed by atoms with Gasteiger partial charge in [0, 0.05) is 30.6 Å². The van der Waals surface area contributed by atoms with Crippen LogP contribution in [0.4, 0.5) is 4.79 Å². The zero-order valence-electron chi connectivity index (χ0n) is 18.5. The normalized spacial score (nSPS) is 21.9. The summed E-state index contributed by atoms with van der Waals surface area (Å²) in [5, 5.41) is 21.0. The molecule has 2 aliphatic rings. The molecule has 1 amide bonds. The van der Waals surface area contributed by atoms with Crippen molar-refractivity contribution >= 4 is 6.09 Å². The number of methoxy groups -OCH3 is 1. The molecule has 1 unspecified atom stereocenters. The molecule has 2 N–H and O–H groups in total. The molecule has 1 aliphatic carbocycles. The lowest BCUT2D eigenvalue weighted by molar-refractivity contribution is 0.139. The number of fused-ring (bicyclic) bond motifs is 3. The maximum Gasteiger partial charge on any atom is 0.404 e. The van der Waals surface area contributed by atoms with Crippen LogP contribution < -0.4 is 14.8 Å². The SMILES string of the molecule is COc1ccc2c(c1)CC(NC(=O)O)Cc1nnc(C3CCC(Oc4ccccn4)CC3)n1-2. The first-order chi connectivity index (χ1) is 16.1. The van der Waals surface area contributed by atoms with Gasteiger partial charge in [0.05, 0.1) is 12.8 Å². The quantitative estimate of drug-likeness (QED) is 0.613. The topological polar surface area (TPSA) is 111 Å². The highest BCUT2D eigenvalue weighted by Crippen LogP contribution is 2.37. The first kappa shape index (κ1) is 21.2. The fourth-order valence-electron chi connectivity index (χ4n) is 4.92. The number of rotatable bonds is 5. The van der Waals surface area contributed by atoms with Crippen molar-refractivity contribution in [2.24, 2.45) is 0 Å². The first-order valence-electron chi connectivity index (χ1n) is 11.3. The molecule has 1 saturated carbocycles. The lowest BCUT2D eigenvalue weighted by Gasteiger charge is -2.28. The van der Waals surface area contributed by atoms with Crippen molar-refractivity contribution in [3.05, 3.63) is 59.8 Å². The van der Waals surface area contributed by atoms with Crippen LogP contribution in [0.5, 0.6) is 11.6 Å². The fourth-order valence-corrected chi connectivity index (χ4v) is 4.92. The van der Waals surface area contributed by atoms with Gasteiger partial charge in [-0.05, 0) is 61.9 Å². The molecule has 0 spiro atoms. The molecule has 0 saturated heterocycles. The number of pyridine rings is 1. The number of hydrogen-bond acceptors (Lipinski definition) is 6. The monoisotopic (exact) mass is 449 g/mol. The predicted molar refractivity (Wildman–Crippen MR) is 120 cm³/mol. The van der Waals surface area contributed by atoms with E-state index in [0.29, 0.717) is 18.7 Å². The summed E-state index contributed by atoms with van der Waals surface area (Å²) in [6, 6.07) is 11.3. The van der Waals surface area contributed by atoms with Gasteiger partial charge in [0.15, 0.2) is 0 Å². The summed E-state index contributed by atoms with van der Waals surface area (Å²) in [6.07, 6.45) is 5.61. The number of carboxylic acid groups (broad SMARTS) is 1. The van der Waals surface area contributed by atoms with Crippen LogP contribution in [0.3, 0.4) is 0 Å². The van der Waals surface area contributed by atoms with E-state index in [1.165, 1.54) is 0 Å². The van der Waals surface area contributed by atoms with E-state index in [9.17, 15) is 9.90 Å². The van der Waals surface area contributed by atoms with Crippen LogP contribution in [-0.4, -0.2) is 50.2 Å². The van der Waals surface area contributed by atoms with Gasteiger partial charge in [-0.3, -0.25) is 4.57 Å².